The van der Waals surface area contributed by atoms with Crippen LogP contribution in [-0.4, -0.2) is 38.0 Å². The van der Waals surface area contributed by atoms with Crippen molar-refractivity contribution in [1.82, 2.24) is 14.7 Å². The van der Waals surface area contributed by atoms with Gasteiger partial charge in [0.25, 0.3) is 0 Å². The van der Waals surface area contributed by atoms with Crippen molar-refractivity contribution in [3.8, 4) is 0 Å². The Labute approximate surface area is 153 Å². The van der Waals surface area contributed by atoms with Crippen LogP contribution >= 0.6 is 11.3 Å². The molecule has 1 aliphatic heterocycles. The molecule has 0 amide bonds. The summed E-state index contributed by atoms with van der Waals surface area (Å²) in [5.41, 5.74) is 0.700. The Morgan fingerprint density at radius 1 is 1.42 bits per heavy atom. The molecule has 3 aromatic rings. The Morgan fingerprint density at radius 3 is 3.12 bits per heavy atom. The van der Waals surface area contributed by atoms with Gasteiger partial charge in [0.1, 0.15) is 0 Å². The first-order chi connectivity index (χ1) is 12.5. The number of nitrogens with zero attached hydrogens (tertiary/aromatic N) is 2. The lowest BCUT2D eigenvalue weighted by Crippen LogP contribution is -2.41. The van der Waals surface area contributed by atoms with E-state index in [0.29, 0.717) is 17.6 Å². The highest BCUT2D eigenvalue weighted by molar-refractivity contribution is 7.89. The molecule has 0 spiro atoms. The minimum Gasteiger partial charge on any atom is -0.408 e. The molecule has 1 unspecified atom stereocenters. The van der Waals surface area contributed by atoms with E-state index in [4.69, 9.17) is 4.42 Å². The van der Waals surface area contributed by atoms with E-state index in [-0.39, 0.29) is 10.8 Å². The van der Waals surface area contributed by atoms with E-state index in [0.717, 1.165) is 31.1 Å². The summed E-state index contributed by atoms with van der Waals surface area (Å²) in [5.74, 6) is -0.383. The quantitative estimate of drug-likeness (QED) is 0.683. The number of benzene rings is 1. The molecular formula is C16H18N4O4S2. The molecule has 10 heteroatoms. The molecule has 0 saturated carbocycles. The summed E-state index contributed by atoms with van der Waals surface area (Å²) < 4.78 is 32.7. The number of sulfonamides is 1. The molecule has 2 aromatic heterocycles. The molecule has 1 fully saturated rings. The normalized spacial score (nSPS) is 18.5. The summed E-state index contributed by atoms with van der Waals surface area (Å²) in [7, 11) is -3.66. The second-order valence-electron chi connectivity index (χ2n) is 6.29. The van der Waals surface area contributed by atoms with Crippen molar-refractivity contribution in [3.63, 3.8) is 0 Å². The van der Waals surface area contributed by atoms with Gasteiger partial charge in [-0.2, -0.15) is 0 Å². The summed E-state index contributed by atoms with van der Waals surface area (Å²) in [4.78, 5) is 20.3. The number of thiazole rings is 1. The van der Waals surface area contributed by atoms with Crippen LogP contribution in [0, 0.1) is 5.92 Å². The second kappa shape index (κ2) is 6.86. The average Bonchev–Trinajstić information content (AvgIpc) is 3.28. The third kappa shape index (κ3) is 3.53. The molecule has 1 atom stereocenters. The minimum atomic E-state index is -3.66. The third-order valence-electron chi connectivity index (χ3n) is 4.47. The Balaban J connectivity index is 1.44. The Bertz CT molecular complexity index is 1060. The summed E-state index contributed by atoms with van der Waals surface area (Å²) in [6.45, 7) is 2.09. The van der Waals surface area contributed by atoms with Crippen molar-refractivity contribution in [2.24, 2.45) is 5.92 Å². The Hall–Kier alpha value is -2.17. The van der Waals surface area contributed by atoms with Gasteiger partial charge in [0.15, 0.2) is 10.7 Å². The van der Waals surface area contributed by atoms with E-state index in [1.807, 2.05) is 5.38 Å². The van der Waals surface area contributed by atoms with Crippen LogP contribution in [0.25, 0.3) is 11.1 Å². The fraction of sp³-hybridized carbons (Fsp3) is 0.375. The SMILES string of the molecule is O=c1[nH]c2cc(S(=O)(=O)NCC3CCCN(c4nccs4)C3)ccc2o1. The van der Waals surface area contributed by atoms with Gasteiger partial charge in [-0.25, -0.2) is 22.9 Å². The molecule has 0 radical (unpaired) electrons. The summed E-state index contributed by atoms with van der Waals surface area (Å²) in [5, 5.41) is 2.92. The number of rotatable bonds is 5. The van der Waals surface area contributed by atoms with Crippen molar-refractivity contribution < 1.29 is 12.8 Å². The molecule has 1 saturated heterocycles. The van der Waals surface area contributed by atoms with Crippen molar-refractivity contribution in [3.05, 3.63) is 40.3 Å². The first-order valence-electron chi connectivity index (χ1n) is 8.28. The lowest BCUT2D eigenvalue weighted by molar-refractivity contribution is 0.410. The van der Waals surface area contributed by atoms with Gasteiger partial charge in [-0.3, -0.25) is 4.98 Å². The van der Waals surface area contributed by atoms with Crippen molar-refractivity contribution >= 4 is 37.6 Å². The van der Waals surface area contributed by atoms with E-state index in [1.54, 1.807) is 17.5 Å². The van der Waals surface area contributed by atoms with Crippen molar-refractivity contribution in [2.75, 3.05) is 24.5 Å². The number of aromatic amines is 1. The van der Waals surface area contributed by atoms with E-state index in [9.17, 15) is 13.2 Å². The van der Waals surface area contributed by atoms with E-state index in [1.165, 1.54) is 18.2 Å². The summed E-state index contributed by atoms with van der Waals surface area (Å²) in [6.07, 6.45) is 3.76. The summed E-state index contributed by atoms with van der Waals surface area (Å²) in [6, 6.07) is 4.32. The number of nitrogens with one attached hydrogen (secondary N) is 2. The van der Waals surface area contributed by atoms with Crippen LogP contribution in [0.5, 0.6) is 0 Å². The number of oxazole rings is 1. The van der Waals surface area contributed by atoms with E-state index >= 15 is 0 Å². The van der Waals surface area contributed by atoms with Gasteiger partial charge in [0.05, 0.1) is 10.4 Å². The molecule has 1 aliphatic rings. The predicted octanol–water partition coefficient (Wildman–Crippen LogP) is 1.77. The standard InChI is InChI=1S/C16H18N4O4S2/c21-16-19-13-8-12(3-4-14(13)24-16)26(22,23)18-9-11-2-1-6-20(10-11)15-17-5-7-25-15/h3-5,7-8,11,18H,1-2,6,9-10H2,(H,19,21). The highest BCUT2D eigenvalue weighted by Gasteiger charge is 2.24. The lowest BCUT2D eigenvalue weighted by atomic mass is 9.99. The van der Waals surface area contributed by atoms with E-state index < -0.39 is 15.8 Å². The van der Waals surface area contributed by atoms with Gasteiger partial charge < -0.3 is 9.32 Å². The van der Waals surface area contributed by atoms with Gasteiger partial charge in [0.2, 0.25) is 10.0 Å². The highest BCUT2D eigenvalue weighted by atomic mass is 32.2. The van der Waals surface area contributed by atoms with Crippen LogP contribution in [-0.2, 0) is 10.0 Å². The molecule has 8 nitrogen and oxygen atoms in total. The highest BCUT2D eigenvalue weighted by Crippen LogP contribution is 2.25. The van der Waals surface area contributed by atoms with Gasteiger partial charge in [-0.05, 0) is 37.0 Å². The number of anilines is 1. The number of hydrogen-bond donors (Lipinski definition) is 2. The molecule has 2 N–H and O–H groups in total. The maximum Gasteiger partial charge on any atom is 0.417 e. The van der Waals surface area contributed by atoms with Crippen LogP contribution in [0.1, 0.15) is 12.8 Å². The zero-order chi connectivity index (χ0) is 18.1. The second-order valence-corrected chi connectivity index (χ2v) is 8.93. The Kier molecular flexibility index (Phi) is 4.55. The molecule has 1 aromatic carbocycles. The van der Waals surface area contributed by atoms with Crippen molar-refractivity contribution in [1.29, 1.82) is 0 Å². The van der Waals surface area contributed by atoms with Crippen LogP contribution < -0.4 is 15.4 Å². The van der Waals surface area contributed by atoms with Gasteiger partial charge >= 0.3 is 5.76 Å². The number of piperidine rings is 1. The minimum absolute atomic E-state index is 0.106. The van der Waals surface area contributed by atoms with Crippen LogP contribution in [0.15, 0.2) is 43.9 Å². The zero-order valence-electron chi connectivity index (χ0n) is 13.8. The zero-order valence-corrected chi connectivity index (χ0v) is 15.5. The molecule has 4 rings (SSSR count). The lowest BCUT2D eigenvalue weighted by Gasteiger charge is -2.32. The monoisotopic (exact) mass is 394 g/mol. The number of fused-ring (bicyclic) bond motifs is 1. The predicted molar refractivity (Wildman–Crippen MR) is 99.1 cm³/mol. The molecule has 26 heavy (non-hydrogen) atoms. The third-order valence-corrected chi connectivity index (χ3v) is 6.73. The molecule has 3 heterocycles. The van der Waals surface area contributed by atoms with E-state index in [2.05, 4.69) is 19.6 Å². The van der Waals surface area contributed by atoms with Crippen LogP contribution in [0.4, 0.5) is 5.13 Å². The number of aromatic nitrogens is 2. The van der Waals surface area contributed by atoms with Gasteiger partial charge in [-0.1, -0.05) is 0 Å². The fourth-order valence-electron chi connectivity index (χ4n) is 3.19. The Morgan fingerprint density at radius 2 is 2.31 bits per heavy atom. The average molecular weight is 394 g/mol. The van der Waals surface area contributed by atoms with Crippen LogP contribution in [0.3, 0.4) is 0 Å². The molecular weight excluding hydrogens is 376 g/mol. The maximum atomic E-state index is 12.6. The molecule has 0 bridgehead atoms. The first-order valence-corrected chi connectivity index (χ1v) is 10.6. The van der Waals surface area contributed by atoms with Gasteiger partial charge in [0, 0.05) is 31.2 Å². The topological polar surface area (TPSA) is 108 Å². The molecule has 138 valence electrons. The van der Waals surface area contributed by atoms with Gasteiger partial charge in [-0.15, -0.1) is 11.3 Å². The fourth-order valence-corrected chi connectivity index (χ4v) is 5.01. The number of H-pyrrole nitrogens is 1. The van der Waals surface area contributed by atoms with Crippen LogP contribution in [0.2, 0.25) is 0 Å². The smallest absolute Gasteiger partial charge is 0.408 e. The largest absolute Gasteiger partial charge is 0.417 e. The first kappa shape index (κ1) is 17.3. The van der Waals surface area contributed by atoms with Crippen molar-refractivity contribution in [2.45, 2.75) is 17.7 Å². The number of hydrogen-bond acceptors (Lipinski definition) is 7. The summed E-state index contributed by atoms with van der Waals surface area (Å²) >= 11 is 1.59. The molecule has 0 aliphatic carbocycles. The maximum absolute atomic E-state index is 12.6.